The Morgan fingerprint density at radius 2 is 0.806 bits per heavy atom. The number of hydrogen-bond donors (Lipinski definition) is 1. The predicted molar refractivity (Wildman–Crippen MR) is 103 cm³/mol. The van der Waals surface area contributed by atoms with Gasteiger partial charge in [-0.05, 0) is 32.5 Å². The first-order chi connectivity index (χ1) is 14.2. The van der Waals surface area contributed by atoms with Crippen molar-refractivity contribution in [1.82, 2.24) is 19.6 Å². The first-order valence-corrected chi connectivity index (χ1v) is 9.86. The van der Waals surface area contributed by atoms with Crippen LogP contribution in [-0.4, -0.2) is 153 Å². The minimum atomic E-state index is -1.25. The van der Waals surface area contributed by atoms with Gasteiger partial charge in [0.05, 0.1) is 24.5 Å². The third kappa shape index (κ3) is 15.1. The second-order valence-corrected chi connectivity index (χ2v) is 7.32. The fourth-order valence-electron chi connectivity index (χ4n) is 3.42. The van der Waals surface area contributed by atoms with E-state index >= 15 is 0 Å². The monoisotopic (exact) mass is 638 g/mol. The second kappa shape index (κ2) is 16.3. The molecule has 1 N–H and O–H groups in total. The molecule has 0 atom stereocenters. The van der Waals surface area contributed by atoms with Crippen LogP contribution in [0.2, 0.25) is 0 Å². The second-order valence-electron chi connectivity index (χ2n) is 7.32. The Balaban J connectivity index is 0.00000900. The first-order valence-electron chi connectivity index (χ1n) is 9.86. The summed E-state index contributed by atoms with van der Waals surface area (Å²) in [6, 6.07) is 0. The molecule has 0 amide bonds. The van der Waals surface area contributed by atoms with E-state index in [2.05, 4.69) is 0 Å². The van der Waals surface area contributed by atoms with Gasteiger partial charge in [-0.3, -0.25) is 24.4 Å². The van der Waals surface area contributed by atoms with Crippen molar-refractivity contribution in [2.24, 2.45) is 0 Å². The van der Waals surface area contributed by atoms with E-state index in [0.29, 0.717) is 65.2 Å². The quantitative estimate of drug-likeness (QED) is 0.250. The van der Waals surface area contributed by atoms with Crippen molar-refractivity contribution < 1.29 is 39.6 Å². The van der Waals surface area contributed by atoms with Crippen molar-refractivity contribution in [2.45, 2.75) is 12.8 Å². The van der Waals surface area contributed by atoms with Gasteiger partial charge in [0.1, 0.15) is 0 Å². The summed E-state index contributed by atoms with van der Waals surface area (Å²) < 4.78 is 0. The van der Waals surface area contributed by atoms with Crippen LogP contribution in [0.5, 0.6) is 0 Å². The third-order valence-electron chi connectivity index (χ3n) is 4.78. The summed E-state index contributed by atoms with van der Waals surface area (Å²) >= 11 is 0. The molecular weight excluding hydrogens is 609 g/mol. The Morgan fingerprint density at radius 3 is 1.03 bits per heavy atom. The summed E-state index contributed by atoms with van der Waals surface area (Å²) in [6.45, 7) is 1.56. The maximum atomic E-state index is 11.1. The summed E-state index contributed by atoms with van der Waals surface area (Å²) in [5, 5.41) is 42.2. The summed E-state index contributed by atoms with van der Waals surface area (Å²) in [4.78, 5) is 50.7. The Labute approximate surface area is 200 Å². The molecule has 0 aromatic rings. The van der Waals surface area contributed by atoms with Crippen LogP contribution < -0.4 is 15.3 Å². The SMILES string of the molecule is O=C([O-])CN1CCCN(CC(=O)[O-])CCN(CC(=O)O)CCCN(CC(=O)[O-])CC1.[Bi+3]. The Kier molecular flexibility index (Phi) is 15.5. The zero-order valence-electron chi connectivity index (χ0n) is 17.4. The molecule has 0 aromatic heterocycles. The molecule has 1 saturated heterocycles. The Bertz CT molecular complexity index is 497. The van der Waals surface area contributed by atoms with E-state index in [-0.39, 0.29) is 52.4 Å². The number of carboxylic acid groups (broad SMARTS) is 4. The van der Waals surface area contributed by atoms with Gasteiger partial charge in [0.2, 0.25) is 0 Å². The molecule has 1 rings (SSSR count). The molecule has 31 heavy (non-hydrogen) atoms. The molecular formula is C18H29BiN4O8. The Hall–Kier alpha value is -1.40. The number of carboxylic acids is 4. The molecule has 12 nitrogen and oxygen atoms in total. The molecule has 1 aliphatic rings. The van der Waals surface area contributed by atoms with E-state index in [1.165, 1.54) is 0 Å². The zero-order chi connectivity index (χ0) is 22.5. The van der Waals surface area contributed by atoms with Crippen molar-refractivity contribution in [1.29, 1.82) is 0 Å². The number of aliphatic carboxylic acids is 4. The minimum absolute atomic E-state index is 0. The Morgan fingerprint density at radius 1 is 0.548 bits per heavy atom. The summed E-state index contributed by atoms with van der Waals surface area (Å²) in [5.74, 6) is -4.75. The van der Waals surface area contributed by atoms with Crippen LogP contribution in [0.15, 0.2) is 0 Å². The number of carbonyl (C=O) groups is 4. The topological polar surface area (TPSA) is 171 Å². The molecule has 0 aromatic carbocycles. The van der Waals surface area contributed by atoms with Crippen molar-refractivity contribution in [3.05, 3.63) is 0 Å². The van der Waals surface area contributed by atoms with E-state index < -0.39 is 23.9 Å². The van der Waals surface area contributed by atoms with Gasteiger partial charge in [0.25, 0.3) is 0 Å². The first kappa shape index (κ1) is 29.6. The molecule has 0 spiro atoms. The third-order valence-corrected chi connectivity index (χ3v) is 4.78. The maximum Gasteiger partial charge on any atom is 3.00 e. The summed E-state index contributed by atoms with van der Waals surface area (Å²) in [7, 11) is 0. The fourth-order valence-corrected chi connectivity index (χ4v) is 3.42. The molecule has 1 fully saturated rings. The van der Waals surface area contributed by atoms with Gasteiger partial charge in [-0.15, -0.1) is 0 Å². The van der Waals surface area contributed by atoms with Crippen LogP contribution in [0.4, 0.5) is 0 Å². The standard InChI is InChI=1S/C18H32N4O8.Bi/c23-15(24)11-19-3-1-4-20(12-16(25)26)8-10-22(14-18(29)30)6-2-5-21(9-7-19)13-17(27)28;/h1-14H2,(H,23,24)(H,25,26)(H,27,28)(H,29,30);/q;+3/p-3. The largest absolute Gasteiger partial charge is 3.00 e. The zero-order valence-corrected chi connectivity index (χ0v) is 20.9. The van der Waals surface area contributed by atoms with Gasteiger partial charge in [-0.1, -0.05) is 0 Å². The van der Waals surface area contributed by atoms with Gasteiger partial charge >= 0.3 is 32.2 Å². The van der Waals surface area contributed by atoms with Crippen molar-refractivity contribution in [2.75, 3.05) is 78.5 Å². The smallest absolute Gasteiger partial charge is 0.549 e. The molecule has 174 valence electrons. The van der Waals surface area contributed by atoms with Crippen molar-refractivity contribution in [3.63, 3.8) is 0 Å². The van der Waals surface area contributed by atoms with Crippen LogP contribution in [-0.2, 0) is 19.2 Å². The molecule has 1 heterocycles. The van der Waals surface area contributed by atoms with Crippen LogP contribution in [0, 0.1) is 0 Å². The normalized spacial score (nSPS) is 19.1. The molecule has 0 saturated carbocycles. The number of hydrogen-bond acceptors (Lipinski definition) is 11. The van der Waals surface area contributed by atoms with E-state index in [9.17, 15) is 34.5 Å². The molecule has 0 bridgehead atoms. The maximum absolute atomic E-state index is 11.1. The van der Waals surface area contributed by atoms with Crippen LogP contribution in [0.25, 0.3) is 0 Å². The van der Waals surface area contributed by atoms with Crippen LogP contribution >= 0.6 is 0 Å². The molecule has 13 heteroatoms. The van der Waals surface area contributed by atoms with E-state index in [1.807, 2.05) is 0 Å². The average molecular weight is 638 g/mol. The number of carbonyl (C=O) groups excluding carboxylic acids is 3. The fraction of sp³-hybridized carbons (Fsp3) is 0.778. The van der Waals surface area contributed by atoms with Gasteiger partial charge in [0, 0.05) is 52.4 Å². The summed E-state index contributed by atoms with van der Waals surface area (Å²) in [6.07, 6.45) is 0.960. The van der Waals surface area contributed by atoms with E-state index in [4.69, 9.17) is 5.11 Å². The predicted octanol–water partition coefficient (Wildman–Crippen LogP) is -6.06. The van der Waals surface area contributed by atoms with Crippen molar-refractivity contribution >= 4 is 50.1 Å². The van der Waals surface area contributed by atoms with Gasteiger partial charge < -0.3 is 34.8 Å². The van der Waals surface area contributed by atoms with Gasteiger partial charge in [-0.25, -0.2) is 0 Å². The average Bonchev–Trinajstić information content (AvgIpc) is 2.60. The van der Waals surface area contributed by atoms with E-state index in [1.54, 1.807) is 19.6 Å². The minimum Gasteiger partial charge on any atom is -0.549 e. The van der Waals surface area contributed by atoms with Crippen LogP contribution in [0.1, 0.15) is 12.8 Å². The van der Waals surface area contributed by atoms with E-state index in [0.717, 1.165) is 0 Å². The molecule has 1 aliphatic heterocycles. The van der Waals surface area contributed by atoms with Gasteiger partial charge in [0.15, 0.2) is 0 Å². The van der Waals surface area contributed by atoms with Crippen molar-refractivity contribution in [3.8, 4) is 0 Å². The summed E-state index contributed by atoms with van der Waals surface area (Å²) in [5.41, 5.74) is 0. The molecule has 2 radical (unpaired) electrons. The molecule has 0 unspecified atom stereocenters. The van der Waals surface area contributed by atoms with Crippen LogP contribution in [0.3, 0.4) is 0 Å². The number of nitrogens with zero attached hydrogens (tertiary/aromatic N) is 4. The number of rotatable bonds is 8. The van der Waals surface area contributed by atoms with Gasteiger partial charge in [-0.2, -0.15) is 0 Å². The molecule has 0 aliphatic carbocycles.